The van der Waals surface area contributed by atoms with Crippen molar-refractivity contribution in [1.29, 1.82) is 0 Å². The Morgan fingerprint density at radius 2 is 1.69 bits per heavy atom. The third kappa shape index (κ3) is 4.82. The van der Waals surface area contributed by atoms with E-state index in [1.807, 2.05) is 0 Å². The number of halogens is 3. The molecule has 0 atom stereocenters. The molecule has 2 aromatic rings. The first-order valence-corrected chi connectivity index (χ1v) is 7.76. The van der Waals surface area contributed by atoms with Crippen LogP contribution in [0.25, 0.3) is 0 Å². The third-order valence-corrected chi connectivity index (χ3v) is 3.48. The number of carbonyl (C=O) groups is 2. The normalized spacial score (nSPS) is 10.5. The summed E-state index contributed by atoms with van der Waals surface area (Å²) < 4.78 is 44.7. The van der Waals surface area contributed by atoms with Gasteiger partial charge >= 0.3 is 0 Å². The third-order valence-electron chi connectivity index (χ3n) is 3.48. The van der Waals surface area contributed by atoms with E-state index < -0.39 is 29.0 Å². The maximum absolute atomic E-state index is 13.6. The monoisotopic (exact) mass is 366 g/mol. The van der Waals surface area contributed by atoms with Gasteiger partial charge in [0, 0.05) is 31.4 Å². The lowest BCUT2D eigenvalue weighted by molar-refractivity contribution is 0.0948. The number of rotatable bonds is 7. The summed E-state index contributed by atoms with van der Waals surface area (Å²) in [4.78, 5) is 24.2. The van der Waals surface area contributed by atoms with E-state index in [9.17, 15) is 22.8 Å². The fraction of sp³-hybridized carbons (Fsp3) is 0.222. The molecule has 138 valence electrons. The number of benzene rings is 2. The van der Waals surface area contributed by atoms with Crippen LogP contribution in [0, 0.1) is 17.5 Å². The fourth-order valence-corrected chi connectivity index (χ4v) is 2.14. The minimum absolute atomic E-state index is 0.0682. The summed E-state index contributed by atoms with van der Waals surface area (Å²) in [6.07, 6.45) is 0.637. The molecule has 2 N–H and O–H groups in total. The second-order valence-corrected chi connectivity index (χ2v) is 5.36. The van der Waals surface area contributed by atoms with E-state index in [1.54, 1.807) is 7.11 Å². The van der Waals surface area contributed by atoms with Crippen LogP contribution in [0.15, 0.2) is 36.4 Å². The van der Waals surface area contributed by atoms with Crippen LogP contribution in [0.5, 0.6) is 0 Å². The van der Waals surface area contributed by atoms with Crippen LogP contribution in [0.1, 0.15) is 27.1 Å². The van der Waals surface area contributed by atoms with Gasteiger partial charge in [-0.2, -0.15) is 0 Å². The van der Waals surface area contributed by atoms with Crippen LogP contribution >= 0.6 is 0 Å². The van der Waals surface area contributed by atoms with Gasteiger partial charge < -0.3 is 15.4 Å². The first-order valence-electron chi connectivity index (χ1n) is 7.76. The SMILES string of the molecule is COCCCNC(=O)c1cccc(C(=O)Nc2ccc(F)c(F)c2F)c1. The molecule has 5 nitrogen and oxygen atoms in total. The summed E-state index contributed by atoms with van der Waals surface area (Å²) in [6, 6.07) is 7.35. The average molecular weight is 366 g/mol. The maximum Gasteiger partial charge on any atom is 0.255 e. The lowest BCUT2D eigenvalue weighted by Crippen LogP contribution is -2.25. The van der Waals surface area contributed by atoms with Gasteiger partial charge in [0.15, 0.2) is 17.5 Å². The molecule has 8 heteroatoms. The van der Waals surface area contributed by atoms with Gasteiger partial charge in [0.25, 0.3) is 11.8 Å². The van der Waals surface area contributed by atoms with Crippen LogP contribution in [-0.2, 0) is 4.74 Å². The van der Waals surface area contributed by atoms with Gasteiger partial charge in [-0.05, 0) is 36.8 Å². The van der Waals surface area contributed by atoms with E-state index in [1.165, 1.54) is 24.3 Å². The minimum atomic E-state index is -1.67. The van der Waals surface area contributed by atoms with E-state index in [4.69, 9.17) is 4.74 Å². The van der Waals surface area contributed by atoms with Gasteiger partial charge in [-0.1, -0.05) is 6.07 Å². The Hall–Kier alpha value is -2.87. The Bertz CT molecular complexity index is 812. The largest absolute Gasteiger partial charge is 0.385 e. The summed E-state index contributed by atoms with van der Waals surface area (Å²) in [6.45, 7) is 0.908. The zero-order chi connectivity index (χ0) is 19.1. The molecule has 0 saturated heterocycles. The molecule has 2 amide bonds. The van der Waals surface area contributed by atoms with Crippen molar-refractivity contribution >= 4 is 17.5 Å². The number of ether oxygens (including phenoxy) is 1. The fourth-order valence-electron chi connectivity index (χ4n) is 2.14. The first-order chi connectivity index (χ1) is 12.4. The van der Waals surface area contributed by atoms with Crippen molar-refractivity contribution in [3.63, 3.8) is 0 Å². The molecule has 0 aliphatic heterocycles. The van der Waals surface area contributed by atoms with Gasteiger partial charge in [0.2, 0.25) is 0 Å². The first kappa shape index (κ1) is 19.5. The number of methoxy groups -OCH3 is 1. The molecule has 0 aromatic heterocycles. The van der Waals surface area contributed by atoms with Crippen molar-refractivity contribution in [1.82, 2.24) is 5.32 Å². The molecular weight excluding hydrogens is 349 g/mol. The Balaban J connectivity index is 2.08. The number of amides is 2. The van der Waals surface area contributed by atoms with Crippen LogP contribution in [0.2, 0.25) is 0 Å². The zero-order valence-corrected chi connectivity index (χ0v) is 13.9. The van der Waals surface area contributed by atoms with E-state index in [0.29, 0.717) is 25.6 Å². The predicted molar refractivity (Wildman–Crippen MR) is 89.5 cm³/mol. The van der Waals surface area contributed by atoms with E-state index in [0.717, 1.165) is 6.07 Å². The number of hydrogen-bond acceptors (Lipinski definition) is 3. The molecular formula is C18H17F3N2O3. The lowest BCUT2D eigenvalue weighted by atomic mass is 10.1. The molecule has 0 heterocycles. The van der Waals surface area contributed by atoms with Crippen molar-refractivity contribution in [2.24, 2.45) is 0 Å². The van der Waals surface area contributed by atoms with Crippen molar-refractivity contribution in [2.45, 2.75) is 6.42 Å². The molecule has 0 bridgehead atoms. The van der Waals surface area contributed by atoms with Gasteiger partial charge in [-0.25, -0.2) is 13.2 Å². The predicted octanol–water partition coefficient (Wildman–Crippen LogP) is 3.12. The van der Waals surface area contributed by atoms with Crippen molar-refractivity contribution < 1.29 is 27.5 Å². The number of carbonyl (C=O) groups excluding carboxylic acids is 2. The number of nitrogens with one attached hydrogen (secondary N) is 2. The van der Waals surface area contributed by atoms with Gasteiger partial charge in [0.1, 0.15) is 0 Å². The summed E-state index contributed by atoms with van der Waals surface area (Å²) in [7, 11) is 1.56. The molecule has 0 unspecified atom stereocenters. The van der Waals surface area contributed by atoms with Crippen molar-refractivity contribution in [2.75, 3.05) is 25.6 Å². The second-order valence-electron chi connectivity index (χ2n) is 5.36. The van der Waals surface area contributed by atoms with E-state index >= 15 is 0 Å². The number of anilines is 1. The molecule has 0 spiro atoms. The molecule has 0 radical (unpaired) electrons. The molecule has 26 heavy (non-hydrogen) atoms. The Morgan fingerprint density at radius 1 is 1.00 bits per heavy atom. The lowest BCUT2D eigenvalue weighted by Gasteiger charge is -2.09. The van der Waals surface area contributed by atoms with Crippen LogP contribution < -0.4 is 10.6 Å². The molecule has 0 aliphatic carbocycles. The smallest absolute Gasteiger partial charge is 0.255 e. The minimum Gasteiger partial charge on any atom is -0.385 e. The highest BCUT2D eigenvalue weighted by Gasteiger charge is 2.16. The van der Waals surface area contributed by atoms with Crippen LogP contribution in [0.3, 0.4) is 0 Å². The molecule has 0 fully saturated rings. The highest BCUT2D eigenvalue weighted by atomic mass is 19.2. The maximum atomic E-state index is 13.6. The highest BCUT2D eigenvalue weighted by Crippen LogP contribution is 2.20. The Morgan fingerprint density at radius 3 is 2.38 bits per heavy atom. The summed E-state index contributed by atoms with van der Waals surface area (Å²) in [5.74, 6) is -5.66. The van der Waals surface area contributed by atoms with E-state index in [2.05, 4.69) is 10.6 Å². The molecule has 0 aliphatic rings. The highest BCUT2D eigenvalue weighted by molar-refractivity contribution is 6.06. The topological polar surface area (TPSA) is 67.4 Å². The quantitative estimate of drug-likeness (QED) is 0.584. The zero-order valence-electron chi connectivity index (χ0n) is 13.9. The van der Waals surface area contributed by atoms with Gasteiger partial charge in [-0.15, -0.1) is 0 Å². The van der Waals surface area contributed by atoms with Crippen LogP contribution in [-0.4, -0.2) is 32.1 Å². The Labute approximate surface area is 148 Å². The van der Waals surface area contributed by atoms with Gasteiger partial charge in [-0.3, -0.25) is 9.59 Å². The summed E-state index contributed by atoms with van der Waals surface area (Å²) in [5.41, 5.74) is -0.192. The second kappa shape index (κ2) is 9.00. The van der Waals surface area contributed by atoms with Crippen molar-refractivity contribution in [3.8, 4) is 0 Å². The van der Waals surface area contributed by atoms with Crippen molar-refractivity contribution in [3.05, 3.63) is 65.0 Å². The summed E-state index contributed by atoms with van der Waals surface area (Å²) in [5, 5.41) is 4.82. The number of hydrogen-bond donors (Lipinski definition) is 2. The molecule has 0 saturated carbocycles. The average Bonchev–Trinajstić information content (AvgIpc) is 2.65. The molecule has 2 rings (SSSR count). The van der Waals surface area contributed by atoms with Gasteiger partial charge in [0.05, 0.1) is 5.69 Å². The van der Waals surface area contributed by atoms with Crippen LogP contribution in [0.4, 0.5) is 18.9 Å². The summed E-state index contributed by atoms with van der Waals surface area (Å²) >= 11 is 0. The molecule has 2 aromatic carbocycles. The Kier molecular flexibility index (Phi) is 6.74. The standard InChI is InChI=1S/C18H17F3N2O3/c1-26-9-3-8-22-17(24)11-4-2-5-12(10-11)18(25)23-14-7-6-13(19)15(20)16(14)21/h2,4-7,10H,3,8-9H2,1H3,(H,22,24)(H,23,25). The van der Waals surface area contributed by atoms with E-state index in [-0.39, 0.29) is 17.0 Å².